The van der Waals surface area contributed by atoms with Crippen molar-refractivity contribution in [1.82, 2.24) is 10.2 Å². The maximum atomic E-state index is 13.9. The minimum atomic E-state index is -4.11. The molecule has 0 aliphatic rings. The van der Waals surface area contributed by atoms with Gasteiger partial charge in [0.15, 0.2) is 0 Å². The summed E-state index contributed by atoms with van der Waals surface area (Å²) in [6.45, 7) is 7.14. The van der Waals surface area contributed by atoms with Crippen LogP contribution in [0, 0.1) is 6.92 Å². The highest BCUT2D eigenvalue weighted by atomic mass is 32.2. The molecule has 0 aliphatic carbocycles. The number of anilines is 1. The van der Waals surface area contributed by atoms with Crippen LogP contribution in [0.1, 0.15) is 38.3 Å². The summed E-state index contributed by atoms with van der Waals surface area (Å²) in [5.41, 5.74) is 2.16. The highest BCUT2D eigenvalue weighted by Gasteiger charge is 2.32. The molecule has 0 heterocycles. The first kappa shape index (κ1) is 29.7. The Hall–Kier alpha value is -3.85. The third-order valence-electron chi connectivity index (χ3n) is 6.57. The Labute approximate surface area is 231 Å². The Balaban J connectivity index is 2.02. The molecule has 0 unspecified atom stereocenters. The number of sulfonamides is 1. The summed E-state index contributed by atoms with van der Waals surface area (Å²) in [5.74, 6) is -0.246. The highest BCUT2D eigenvalue weighted by Crippen LogP contribution is 2.26. The molecule has 9 heteroatoms. The van der Waals surface area contributed by atoms with E-state index in [4.69, 9.17) is 4.74 Å². The van der Waals surface area contributed by atoms with Crippen LogP contribution in [-0.4, -0.2) is 50.9 Å². The average molecular weight is 552 g/mol. The molecule has 0 saturated carbocycles. The zero-order valence-corrected chi connectivity index (χ0v) is 23.9. The zero-order chi connectivity index (χ0) is 28.6. The molecule has 208 valence electrons. The van der Waals surface area contributed by atoms with E-state index in [1.54, 1.807) is 49.4 Å². The summed E-state index contributed by atoms with van der Waals surface area (Å²) >= 11 is 0. The lowest BCUT2D eigenvalue weighted by atomic mass is 10.1. The summed E-state index contributed by atoms with van der Waals surface area (Å²) in [5, 5.41) is 2.94. The standard InChI is InChI=1S/C30H37N3O5S/c1-6-23(3)31-30(35)24(4)32(20-25-12-10-11-22(2)19-25)29(34)21-33(26-15-17-27(38-5)18-16-26)39(36,37)28-13-8-7-9-14-28/h7-19,23-24H,6,20-21H2,1-5H3,(H,31,35)/t23-,24+/m1/s1. The van der Waals surface area contributed by atoms with Gasteiger partial charge >= 0.3 is 0 Å². The first-order valence-electron chi connectivity index (χ1n) is 12.9. The Kier molecular flexibility index (Phi) is 10.1. The topological polar surface area (TPSA) is 96.0 Å². The van der Waals surface area contributed by atoms with E-state index in [-0.39, 0.29) is 23.4 Å². The third-order valence-corrected chi connectivity index (χ3v) is 8.36. The SMILES string of the molecule is CC[C@@H](C)NC(=O)[C@H](C)N(Cc1cccc(C)c1)C(=O)CN(c1ccc(OC)cc1)S(=O)(=O)c1ccccc1. The minimum Gasteiger partial charge on any atom is -0.497 e. The molecule has 1 N–H and O–H groups in total. The lowest BCUT2D eigenvalue weighted by Gasteiger charge is -2.32. The molecular weight excluding hydrogens is 514 g/mol. The molecule has 3 rings (SSSR count). The van der Waals surface area contributed by atoms with Crippen molar-refractivity contribution in [1.29, 1.82) is 0 Å². The van der Waals surface area contributed by atoms with Crippen LogP contribution in [0.3, 0.4) is 0 Å². The van der Waals surface area contributed by atoms with Gasteiger partial charge in [0.05, 0.1) is 17.7 Å². The van der Waals surface area contributed by atoms with E-state index in [0.717, 1.165) is 21.9 Å². The molecule has 0 radical (unpaired) electrons. The second-order valence-electron chi connectivity index (χ2n) is 9.53. The maximum Gasteiger partial charge on any atom is 0.264 e. The van der Waals surface area contributed by atoms with Gasteiger partial charge in [0.25, 0.3) is 10.0 Å². The molecule has 39 heavy (non-hydrogen) atoms. The Morgan fingerprint density at radius 1 is 0.949 bits per heavy atom. The van der Waals surface area contributed by atoms with E-state index >= 15 is 0 Å². The van der Waals surface area contributed by atoms with Gasteiger partial charge in [-0.15, -0.1) is 0 Å². The second-order valence-corrected chi connectivity index (χ2v) is 11.4. The number of amides is 2. The quantitative estimate of drug-likeness (QED) is 0.357. The van der Waals surface area contributed by atoms with E-state index in [1.165, 1.54) is 24.1 Å². The van der Waals surface area contributed by atoms with Gasteiger partial charge in [0, 0.05) is 12.6 Å². The summed E-state index contributed by atoms with van der Waals surface area (Å²) < 4.78 is 33.9. The van der Waals surface area contributed by atoms with Crippen molar-refractivity contribution >= 4 is 27.5 Å². The number of methoxy groups -OCH3 is 1. The molecular formula is C30H37N3O5S. The Bertz CT molecular complexity index is 1360. The number of hydrogen-bond acceptors (Lipinski definition) is 5. The van der Waals surface area contributed by atoms with Crippen molar-refractivity contribution in [3.8, 4) is 5.75 Å². The van der Waals surface area contributed by atoms with Gasteiger partial charge in [0.2, 0.25) is 11.8 Å². The number of rotatable bonds is 12. The van der Waals surface area contributed by atoms with E-state index < -0.39 is 28.5 Å². The number of ether oxygens (including phenoxy) is 1. The number of nitrogens with one attached hydrogen (secondary N) is 1. The summed E-state index contributed by atoms with van der Waals surface area (Å²) in [6.07, 6.45) is 0.741. The van der Waals surface area contributed by atoms with Crippen molar-refractivity contribution < 1.29 is 22.7 Å². The van der Waals surface area contributed by atoms with Crippen LogP contribution in [-0.2, 0) is 26.2 Å². The molecule has 2 atom stereocenters. The lowest BCUT2D eigenvalue weighted by molar-refractivity contribution is -0.139. The van der Waals surface area contributed by atoms with E-state index in [1.807, 2.05) is 45.0 Å². The first-order valence-corrected chi connectivity index (χ1v) is 14.4. The molecule has 0 spiro atoms. The summed E-state index contributed by atoms with van der Waals surface area (Å²) in [7, 11) is -2.59. The van der Waals surface area contributed by atoms with Crippen LogP contribution < -0.4 is 14.4 Å². The van der Waals surface area contributed by atoms with Crippen molar-refractivity contribution in [2.75, 3.05) is 18.0 Å². The van der Waals surface area contributed by atoms with Crippen LogP contribution >= 0.6 is 0 Å². The Morgan fingerprint density at radius 2 is 1.62 bits per heavy atom. The van der Waals surface area contributed by atoms with Crippen molar-refractivity contribution in [2.24, 2.45) is 0 Å². The van der Waals surface area contributed by atoms with Crippen molar-refractivity contribution in [3.63, 3.8) is 0 Å². The zero-order valence-electron chi connectivity index (χ0n) is 23.1. The molecule has 2 amide bonds. The summed E-state index contributed by atoms with van der Waals surface area (Å²) in [6, 6.07) is 21.2. The molecule has 8 nitrogen and oxygen atoms in total. The van der Waals surface area contributed by atoms with E-state index in [2.05, 4.69) is 5.32 Å². The van der Waals surface area contributed by atoms with Gasteiger partial charge in [-0.25, -0.2) is 8.42 Å². The van der Waals surface area contributed by atoms with Crippen LogP contribution in [0.5, 0.6) is 5.75 Å². The fourth-order valence-corrected chi connectivity index (χ4v) is 5.49. The van der Waals surface area contributed by atoms with Crippen LogP contribution in [0.15, 0.2) is 83.8 Å². The monoisotopic (exact) mass is 551 g/mol. The fourth-order valence-electron chi connectivity index (χ4n) is 4.05. The molecule has 0 saturated heterocycles. The largest absolute Gasteiger partial charge is 0.497 e. The third kappa shape index (κ3) is 7.60. The number of carbonyl (C=O) groups excluding carboxylic acids is 2. The number of carbonyl (C=O) groups is 2. The number of aryl methyl sites for hydroxylation is 1. The molecule has 0 aromatic heterocycles. The Morgan fingerprint density at radius 3 is 2.21 bits per heavy atom. The molecule has 3 aromatic carbocycles. The van der Waals surface area contributed by atoms with Gasteiger partial charge in [-0.2, -0.15) is 0 Å². The molecule has 0 bridgehead atoms. The lowest BCUT2D eigenvalue weighted by Crippen LogP contribution is -2.52. The van der Waals surface area contributed by atoms with Gasteiger partial charge < -0.3 is 15.0 Å². The minimum absolute atomic E-state index is 0.0569. The predicted molar refractivity (Wildman–Crippen MR) is 153 cm³/mol. The predicted octanol–water partition coefficient (Wildman–Crippen LogP) is 4.53. The number of hydrogen-bond donors (Lipinski definition) is 1. The van der Waals surface area contributed by atoms with Gasteiger partial charge in [-0.1, -0.05) is 55.0 Å². The number of nitrogens with zero attached hydrogens (tertiary/aromatic N) is 2. The maximum absolute atomic E-state index is 13.9. The van der Waals surface area contributed by atoms with Gasteiger partial charge in [-0.05, 0) is 69.2 Å². The van der Waals surface area contributed by atoms with Crippen LogP contribution in [0.25, 0.3) is 0 Å². The molecule has 0 fully saturated rings. The molecule has 0 aliphatic heterocycles. The number of benzene rings is 3. The second kappa shape index (κ2) is 13.3. The van der Waals surface area contributed by atoms with E-state index in [9.17, 15) is 18.0 Å². The normalized spacial score (nSPS) is 12.7. The van der Waals surface area contributed by atoms with Crippen LogP contribution in [0.2, 0.25) is 0 Å². The van der Waals surface area contributed by atoms with Gasteiger partial charge in [-0.3, -0.25) is 13.9 Å². The van der Waals surface area contributed by atoms with Crippen molar-refractivity contribution in [3.05, 3.63) is 90.0 Å². The summed E-state index contributed by atoms with van der Waals surface area (Å²) in [4.78, 5) is 28.5. The smallest absolute Gasteiger partial charge is 0.264 e. The van der Waals surface area contributed by atoms with Crippen LogP contribution in [0.4, 0.5) is 5.69 Å². The fraction of sp³-hybridized carbons (Fsp3) is 0.333. The average Bonchev–Trinajstić information content (AvgIpc) is 2.94. The molecule has 3 aromatic rings. The van der Waals surface area contributed by atoms with E-state index in [0.29, 0.717) is 11.4 Å². The van der Waals surface area contributed by atoms with Crippen molar-refractivity contribution in [2.45, 2.75) is 57.6 Å². The van der Waals surface area contributed by atoms with Gasteiger partial charge in [0.1, 0.15) is 18.3 Å². The first-order chi connectivity index (χ1) is 18.6. The highest BCUT2D eigenvalue weighted by molar-refractivity contribution is 7.92.